The third-order valence-electron chi connectivity index (χ3n) is 5.86. The molecule has 0 spiro atoms. The van der Waals surface area contributed by atoms with Gasteiger partial charge in [-0.05, 0) is 38.7 Å². The highest BCUT2D eigenvalue weighted by atomic mass is 16.5. The highest BCUT2D eigenvalue weighted by Gasteiger charge is 2.28. The van der Waals surface area contributed by atoms with Gasteiger partial charge in [-0.25, -0.2) is 4.99 Å². The van der Waals surface area contributed by atoms with E-state index >= 15 is 0 Å². The van der Waals surface area contributed by atoms with Gasteiger partial charge in [0.15, 0.2) is 11.8 Å². The van der Waals surface area contributed by atoms with Crippen LogP contribution in [0.5, 0.6) is 0 Å². The number of aromatic nitrogens is 3. The van der Waals surface area contributed by atoms with Crippen LogP contribution in [0.2, 0.25) is 0 Å². The van der Waals surface area contributed by atoms with Gasteiger partial charge in [0.2, 0.25) is 0 Å². The van der Waals surface area contributed by atoms with Gasteiger partial charge in [0, 0.05) is 38.8 Å². The van der Waals surface area contributed by atoms with Gasteiger partial charge in [0.25, 0.3) is 0 Å². The third kappa shape index (κ3) is 6.55. The number of nitrogens with one attached hydrogen (secondary N) is 2. The second-order valence-electron chi connectivity index (χ2n) is 7.57. The highest BCUT2D eigenvalue weighted by molar-refractivity contribution is 5.79. The zero-order valence-electron chi connectivity index (χ0n) is 19.2. The van der Waals surface area contributed by atoms with Crippen molar-refractivity contribution >= 4 is 5.96 Å². The molecule has 0 bridgehead atoms. The fourth-order valence-electron chi connectivity index (χ4n) is 3.49. The molecule has 166 valence electrons. The Morgan fingerprint density at radius 1 is 1.10 bits per heavy atom. The number of benzene rings is 1. The Balaban J connectivity index is 2.10. The number of guanidine groups is 1. The summed E-state index contributed by atoms with van der Waals surface area (Å²) in [4.78, 5) is 4.78. The maximum absolute atomic E-state index is 5.45. The number of nitrogens with zero attached hydrogens (tertiary/aromatic N) is 4. The van der Waals surface area contributed by atoms with Crippen LogP contribution in [-0.2, 0) is 23.7 Å². The molecule has 2 aromatic rings. The van der Waals surface area contributed by atoms with Gasteiger partial charge in [-0.3, -0.25) is 0 Å². The Morgan fingerprint density at radius 3 is 2.43 bits per heavy atom. The monoisotopic (exact) mass is 414 g/mol. The number of hydrogen-bond donors (Lipinski definition) is 2. The molecule has 0 aliphatic rings. The van der Waals surface area contributed by atoms with Gasteiger partial charge in [0.1, 0.15) is 12.4 Å². The lowest BCUT2D eigenvalue weighted by molar-refractivity contribution is 0.145. The zero-order valence-corrected chi connectivity index (χ0v) is 19.2. The van der Waals surface area contributed by atoms with Crippen LogP contribution in [0.3, 0.4) is 0 Å². The standard InChI is InChI=1S/C23H38N6O/c1-6-23(7-2,20-13-10-9-11-14-20)18-26-22(24-15-12-16-30-8-3)25-17-21-28-27-19(4)29(21)5/h9-11,13-14H,6-8,12,15-18H2,1-5H3,(H2,24,25,26). The van der Waals surface area contributed by atoms with Crippen LogP contribution in [0, 0.1) is 6.92 Å². The van der Waals surface area contributed by atoms with Crippen molar-refractivity contribution in [2.24, 2.45) is 12.0 Å². The van der Waals surface area contributed by atoms with Gasteiger partial charge in [0.05, 0.1) is 0 Å². The minimum Gasteiger partial charge on any atom is -0.382 e. The molecule has 0 unspecified atom stereocenters. The molecule has 0 amide bonds. The van der Waals surface area contributed by atoms with Crippen LogP contribution < -0.4 is 10.6 Å². The average Bonchev–Trinajstić information content (AvgIpc) is 3.10. The van der Waals surface area contributed by atoms with Crippen LogP contribution in [-0.4, -0.2) is 47.0 Å². The summed E-state index contributed by atoms with van der Waals surface area (Å²) in [6, 6.07) is 10.8. The molecule has 30 heavy (non-hydrogen) atoms. The summed E-state index contributed by atoms with van der Waals surface area (Å²) in [5.74, 6) is 2.54. The number of aliphatic imine (C=N–C) groups is 1. The third-order valence-corrected chi connectivity index (χ3v) is 5.86. The van der Waals surface area contributed by atoms with Gasteiger partial charge in [-0.15, -0.1) is 10.2 Å². The van der Waals surface area contributed by atoms with Gasteiger partial charge < -0.3 is 19.9 Å². The van der Waals surface area contributed by atoms with E-state index in [4.69, 9.17) is 9.73 Å². The maximum Gasteiger partial charge on any atom is 0.191 e. The number of aryl methyl sites for hydroxylation is 1. The molecule has 0 fully saturated rings. The summed E-state index contributed by atoms with van der Waals surface area (Å²) in [6.45, 7) is 12.1. The normalized spacial score (nSPS) is 12.2. The van der Waals surface area contributed by atoms with Gasteiger partial charge >= 0.3 is 0 Å². The fraction of sp³-hybridized carbons (Fsp3) is 0.609. The molecule has 1 aromatic carbocycles. The van der Waals surface area contributed by atoms with E-state index in [1.165, 1.54) is 5.56 Å². The minimum atomic E-state index is 0.0659. The van der Waals surface area contributed by atoms with Crippen molar-refractivity contribution in [2.45, 2.75) is 58.9 Å². The summed E-state index contributed by atoms with van der Waals surface area (Å²) >= 11 is 0. The molecule has 2 N–H and O–H groups in total. The molecule has 7 nitrogen and oxygen atoms in total. The van der Waals surface area contributed by atoms with Gasteiger partial charge in [-0.1, -0.05) is 44.2 Å². The molecule has 0 saturated carbocycles. The molecular formula is C23H38N6O. The van der Waals surface area contributed by atoms with E-state index in [1.807, 2.05) is 25.5 Å². The van der Waals surface area contributed by atoms with E-state index in [0.717, 1.165) is 63.2 Å². The van der Waals surface area contributed by atoms with Crippen LogP contribution in [0.15, 0.2) is 35.3 Å². The quantitative estimate of drug-likeness (QED) is 0.316. The topological polar surface area (TPSA) is 76.4 Å². The molecule has 0 aliphatic carbocycles. The molecule has 1 aromatic heterocycles. The number of ether oxygens (including phenoxy) is 1. The smallest absolute Gasteiger partial charge is 0.191 e. The molecule has 7 heteroatoms. The first-order valence-corrected chi connectivity index (χ1v) is 11.1. The van der Waals surface area contributed by atoms with Crippen LogP contribution in [0.25, 0.3) is 0 Å². The van der Waals surface area contributed by atoms with E-state index in [-0.39, 0.29) is 5.41 Å². The van der Waals surface area contributed by atoms with Crippen molar-refractivity contribution in [3.05, 3.63) is 47.5 Å². The summed E-state index contributed by atoms with van der Waals surface area (Å²) in [5, 5.41) is 15.4. The van der Waals surface area contributed by atoms with E-state index in [0.29, 0.717) is 6.54 Å². The van der Waals surface area contributed by atoms with E-state index < -0.39 is 0 Å². The average molecular weight is 415 g/mol. The van der Waals surface area contributed by atoms with Crippen molar-refractivity contribution in [3.63, 3.8) is 0 Å². The van der Waals surface area contributed by atoms with E-state index in [1.54, 1.807) is 0 Å². The number of hydrogen-bond acceptors (Lipinski definition) is 4. The first kappa shape index (κ1) is 23.9. The second kappa shape index (κ2) is 12.3. The number of rotatable bonds is 12. The summed E-state index contributed by atoms with van der Waals surface area (Å²) in [5.41, 5.74) is 1.43. The highest BCUT2D eigenvalue weighted by Crippen LogP contribution is 2.30. The van der Waals surface area contributed by atoms with Crippen LogP contribution in [0.4, 0.5) is 0 Å². The lowest BCUT2D eigenvalue weighted by atomic mass is 9.76. The first-order chi connectivity index (χ1) is 14.6. The van der Waals surface area contributed by atoms with Crippen molar-refractivity contribution in [2.75, 3.05) is 26.3 Å². The molecule has 1 heterocycles. The molecular weight excluding hydrogens is 376 g/mol. The first-order valence-electron chi connectivity index (χ1n) is 11.1. The van der Waals surface area contributed by atoms with E-state index in [9.17, 15) is 0 Å². The summed E-state index contributed by atoms with van der Waals surface area (Å²) in [7, 11) is 1.97. The SMILES string of the molecule is CCOCCCNC(=NCc1nnc(C)n1C)NCC(CC)(CC)c1ccccc1. The Kier molecular flexibility index (Phi) is 9.80. The fourth-order valence-corrected chi connectivity index (χ4v) is 3.49. The zero-order chi connectivity index (χ0) is 21.8. The second-order valence-corrected chi connectivity index (χ2v) is 7.57. The molecule has 0 atom stereocenters. The van der Waals surface area contributed by atoms with Crippen molar-refractivity contribution in [3.8, 4) is 0 Å². The molecule has 2 rings (SSSR count). The predicted molar refractivity (Wildman–Crippen MR) is 123 cm³/mol. The Bertz CT molecular complexity index is 767. The molecule has 0 radical (unpaired) electrons. The Hall–Kier alpha value is -2.41. The lowest BCUT2D eigenvalue weighted by Crippen LogP contribution is -2.45. The molecule has 0 aliphatic heterocycles. The maximum atomic E-state index is 5.45. The van der Waals surface area contributed by atoms with E-state index in [2.05, 4.69) is 65.0 Å². The minimum absolute atomic E-state index is 0.0659. The van der Waals surface area contributed by atoms with Crippen molar-refractivity contribution in [1.82, 2.24) is 25.4 Å². The van der Waals surface area contributed by atoms with Crippen molar-refractivity contribution in [1.29, 1.82) is 0 Å². The largest absolute Gasteiger partial charge is 0.382 e. The molecule has 0 saturated heterocycles. The summed E-state index contributed by atoms with van der Waals surface area (Å²) in [6.07, 6.45) is 3.05. The Labute approximate surface area is 181 Å². The summed E-state index contributed by atoms with van der Waals surface area (Å²) < 4.78 is 7.42. The lowest BCUT2D eigenvalue weighted by Gasteiger charge is -2.33. The van der Waals surface area contributed by atoms with Gasteiger partial charge in [-0.2, -0.15) is 0 Å². The van der Waals surface area contributed by atoms with Crippen LogP contribution >= 0.6 is 0 Å². The van der Waals surface area contributed by atoms with Crippen LogP contribution in [0.1, 0.15) is 57.2 Å². The predicted octanol–water partition coefficient (Wildman–Crippen LogP) is 3.34. The van der Waals surface area contributed by atoms with Crippen molar-refractivity contribution < 1.29 is 4.74 Å². The Morgan fingerprint density at radius 2 is 1.83 bits per heavy atom.